The smallest absolute Gasteiger partial charge is 0.303 e. The number of fused-ring (bicyclic) bond motifs is 2. The molecule has 0 radical (unpaired) electrons. The number of aliphatic carboxylic acids is 1. The van der Waals surface area contributed by atoms with Crippen molar-refractivity contribution in [2.24, 2.45) is 5.92 Å². The highest BCUT2D eigenvalue weighted by Gasteiger charge is 2.41. The second-order valence-corrected chi connectivity index (χ2v) is 9.14. The molecule has 0 amide bonds. The summed E-state index contributed by atoms with van der Waals surface area (Å²) in [6.45, 7) is 1.00. The molecule has 2 fully saturated rings. The molecule has 2 aliphatic rings. The van der Waals surface area contributed by atoms with E-state index in [0.29, 0.717) is 24.4 Å². The first-order valence-electron chi connectivity index (χ1n) is 6.94. The molecule has 1 aromatic rings. The molecule has 3 heterocycles. The van der Waals surface area contributed by atoms with Crippen LogP contribution in [-0.2, 0) is 11.3 Å². The number of piperidine rings is 1. The fourth-order valence-electron chi connectivity index (χ4n) is 3.71. The first kappa shape index (κ1) is 15.0. The van der Waals surface area contributed by atoms with Crippen molar-refractivity contribution in [3.8, 4) is 0 Å². The maximum absolute atomic E-state index is 10.9. The highest BCUT2D eigenvalue weighted by molar-refractivity contribution is 9.13. The molecule has 1 N–H and O–H groups in total. The summed E-state index contributed by atoms with van der Waals surface area (Å²) in [5.74, 6) is -0.267. The number of rotatable bonds is 4. The maximum atomic E-state index is 10.9. The number of carboxylic acid groups (broad SMARTS) is 1. The summed E-state index contributed by atoms with van der Waals surface area (Å²) >= 11 is 8.88. The molecule has 0 aliphatic carbocycles. The van der Waals surface area contributed by atoms with Crippen LogP contribution in [0.3, 0.4) is 0 Å². The molecule has 2 unspecified atom stereocenters. The lowest BCUT2D eigenvalue weighted by Crippen LogP contribution is -2.42. The van der Waals surface area contributed by atoms with Crippen LogP contribution in [-0.4, -0.2) is 28.1 Å². The topological polar surface area (TPSA) is 40.5 Å². The Hall–Kier alpha value is 0.0900. The van der Waals surface area contributed by atoms with Gasteiger partial charge in [0.05, 0.1) is 3.79 Å². The Labute approximate surface area is 139 Å². The second-order valence-electron chi connectivity index (χ2n) is 5.83. The Morgan fingerprint density at radius 1 is 1.35 bits per heavy atom. The minimum atomic E-state index is -0.644. The monoisotopic (exact) mass is 421 g/mol. The lowest BCUT2D eigenvalue weighted by Gasteiger charge is -2.38. The SMILES string of the molecule is O=C(O)CC1CC2CCC(C1)N2Cc1cc(Br)c(Br)s1. The largest absolute Gasteiger partial charge is 0.481 e. The summed E-state index contributed by atoms with van der Waals surface area (Å²) in [6, 6.07) is 3.35. The Morgan fingerprint density at radius 3 is 2.50 bits per heavy atom. The summed E-state index contributed by atoms with van der Waals surface area (Å²) in [5, 5.41) is 8.97. The molecule has 6 heteroatoms. The van der Waals surface area contributed by atoms with Crippen molar-refractivity contribution in [3.05, 3.63) is 19.2 Å². The highest BCUT2D eigenvalue weighted by Crippen LogP contribution is 2.42. The van der Waals surface area contributed by atoms with Crippen LogP contribution in [0.25, 0.3) is 0 Å². The van der Waals surface area contributed by atoms with Crippen molar-refractivity contribution < 1.29 is 9.90 Å². The average molecular weight is 423 g/mol. The summed E-state index contributed by atoms with van der Waals surface area (Å²) in [4.78, 5) is 14.9. The molecule has 3 rings (SSSR count). The van der Waals surface area contributed by atoms with Crippen LogP contribution in [0.1, 0.15) is 37.0 Å². The van der Waals surface area contributed by atoms with Crippen molar-refractivity contribution in [2.45, 2.75) is 50.7 Å². The van der Waals surface area contributed by atoms with Crippen LogP contribution in [0, 0.1) is 5.92 Å². The van der Waals surface area contributed by atoms with Crippen LogP contribution in [0.2, 0.25) is 0 Å². The van der Waals surface area contributed by atoms with Gasteiger partial charge in [-0.15, -0.1) is 11.3 Å². The van der Waals surface area contributed by atoms with E-state index in [4.69, 9.17) is 5.11 Å². The molecule has 3 nitrogen and oxygen atoms in total. The summed E-state index contributed by atoms with van der Waals surface area (Å²) < 4.78 is 2.28. The van der Waals surface area contributed by atoms with Gasteiger partial charge in [-0.3, -0.25) is 9.69 Å². The zero-order valence-corrected chi connectivity index (χ0v) is 15.0. The minimum absolute atomic E-state index is 0.344. The van der Waals surface area contributed by atoms with Gasteiger partial charge in [-0.25, -0.2) is 0 Å². The Morgan fingerprint density at radius 2 is 2.00 bits per heavy atom. The predicted molar refractivity (Wildman–Crippen MR) is 87.0 cm³/mol. The normalized spacial score (nSPS) is 29.8. The van der Waals surface area contributed by atoms with Crippen LogP contribution in [0.5, 0.6) is 0 Å². The van der Waals surface area contributed by atoms with E-state index in [9.17, 15) is 4.79 Å². The van der Waals surface area contributed by atoms with E-state index in [1.54, 1.807) is 11.3 Å². The maximum Gasteiger partial charge on any atom is 0.303 e. The number of thiophene rings is 1. The lowest BCUT2D eigenvalue weighted by molar-refractivity contribution is -0.138. The van der Waals surface area contributed by atoms with Crippen LogP contribution < -0.4 is 0 Å². The first-order valence-corrected chi connectivity index (χ1v) is 9.34. The molecule has 0 aromatic carbocycles. The van der Waals surface area contributed by atoms with Gasteiger partial charge in [0.1, 0.15) is 0 Å². The van der Waals surface area contributed by atoms with Gasteiger partial charge in [0.15, 0.2) is 0 Å². The fourth-order valence-corrected chi connectivity index (χ4v) is 5.89. The Bertz CT molecular complexity index is 486. The minimum Gasteiger partial charge on any atom is -0.481 e. The number of halogens is 2. The third-order valence-corrected chi connectivity index (χ3v) is 7.72. The number of carbonyl (C=O) groups is 1. The van der Waals surface area contributed by atoms with E-state index in [1.807, 2.05) is 0 Å². The lowest BCUT2D eigenvalue weighted by atomic mass is 9.88. The third kappa shape index (κ3) is 3.13. The van der Waals surface area contributed by atoms with Crippen LogP contribution in [0.15, 0.2) is 14.3 Å². The molecular formula is C14H17Br2NO2S. The second kappa shape index (κ2) is 6.07. The fraction of sp³-hybridized carbons (Fsp3) is 0.643. The summed E-state index contributed by atoms with van der Waals surface area (Å²) in [5.41, 5.74) is 0. The third-order valence-electron chi connectivity index (χ3n) is 4.48. The van der Waals surface area contributed by atoms with E-state index in [1.165, 1.54) is 17.7 Å². The van der Waals surface area contributed by atoms with Crippen LogP contribution in [0.4, 0.5) is 0 Å². The molecule has 2 atom stereocenters. The molecule has 0 spiro atoms. The van der Waals surface area contributed by atoms with E-state index in [2.05, 4.69) is 42.8 Å². The predicted octanol–water partition coefficient (Wildman–Crippen LogP) is 4.49. The quantitative estimate of drug-likeness (QED) is 0.776. The van der Waals surface area contributed by atoms with Gasteiger partial charge >= 0.3 is 5.97 Å². The zero-order chi connectivity index (χ0) is 14.3. The molecule has 2 aliphatic heterocycles. The van der Waals surface area contributed by atoms with Crippen molar-refractivity contribution >= 4 is 49.2 Å². The molecule has 2 bridgehead atoms. The summed E-state index contributed by atoms with van der Waals surface area (Å²) in [7, 11) is 0. The van der Waals surface area contributed by atoms with E-state index in [-0.39, 0.29) is 0 Å². The van der Waals surface area contributed by atoms with Gasteiger partial charge in [0.25, 0.3) is 0 Å². The molecule has 110 valence electrons. The van der Waals surface area contributed by atoms with Crippen LogP contribution >= 0.6 is 43.2 Å². The van der Waals surface area contributed by atoms with Gasteiger partial charge in [0, 0.05) is 34.4 Å². The molecule has 2 saturated heterocycles. The van der Waals surface area contributed by atoms with E-state index < -0.39 is 5.97 Å². The molecule has 0 saturated carbocycles. The van der Waals surface area contributed by atoms with E-state index >= 15 is 0 Å². The zero-order valence-electron chi connectivity index (χ0n) is 11.0. The Kier molecular flexibility index (Phi) is 4.55. The van der Waals surface area contributed by atoms with Crippen molar-refractivity contribution in [3.63, 3.8) is 0 Å². The number of carboxylic acids is 1. The number of hydrogen-bond acceptors (Lipinski definition) is 3. The van der Waals surface area contributed by atoms with Gasteiger partial charge < -0.3 is 5.11 Å². The van der Waals surface area contributed by atoms with Gasteiger partial charge in [0.2, 0.25) is 0 Å². The van der Waals surface area contributed by atoms with Gasteiger partial charge in [-0.05, 0) is 69.5 Å². The summed E-state index contributed by atoms with van der Waals surface area (Å²) in [6.07, 6.45) is 4.91. The average Bonchev–Trinajstić information content (AvgIpc) is 2.79. The molecule has 20 heavy (non-hydrogen) atoms. The number of nitrogens with zero attached hydrogens (tertiary/aromatic N) is 1. The van der Waals surface area contributed by atoms with Crippen molar-refractivity contribution in [1.82, 2.24) is 4.90 Å². The Balaban J connectivity index is 1.66. The van der Waals surface area contributed by atoms with Crippen molar-refractivity contribution in [2.75, 3.05) is 0 Å². The van der Waals surface area contributed by atoms with Gasteiger partial charge in [-0.2, -0.15) is 0 Å². The molecule has 1 aromatic heterocycles. The van der Waals surface area contributed by atoms with Crippen molar-refractivity contribution in [1.29, 1.82) is 0 Å². The molecular weight excluding hydrogens is 406 g/mol. The van der Waals surface area contributed by atoms with E-state index in [0.717, 1.165) is 27.6 Å². The first-order chi connectivity index (χ1) is 9.52. The standard InChI is InChI=1S/C14H17Br2NO2S/c15-12-6-11(20-14(12)16)7-17-9-1-2-10(17)4-8(3-9)5-13(18)19/h6,8-10H,1-5,7H2,(H,18,19). The number of hydrogen-bond donors (Lipinski definition) is 1. The van der Waals surface area contributed by atoms with Gasteiger partial charge in [-0.1, -0.05) is 0 Å². The highest BCUT2D eigenvalue weighted by atomic mass is 79.9.